The minimum Gasteiger partial charge on any atom is -0.495 e. The Morgan fingerprint density at radius 1 is 1.15 bits per heavy atom. The number of halogens is 3. The van der Waals surface area contributed by atoms with Crippen LogP contribution in [0.5, 0.6) is 5.75 Å². The summed E-state index contributed by atoms with van der Waals surface area (Å²) in [6.07, 6.45) is 0. The average molecular weight is 375 g/mol. The molecule has 0 amide bonds. The molecule has 0 radical (unpaired) electrons. The van der Waals surface area contributed by atoms with E-state index < -0.39 is 0 Å². The van der Waals surface area contributed by atoms with Crippen molar-refractivity contribution in [1.29, 1.82) is 0 Å². The van der Waals surface area contributed by atoms with Gasteiger partial charge in [0.25, 0.3) is 0 Å². The van der Waals surface area contributed by atoms with Crippen LogP contribution >= 0.6 is 39.1 Å². The third-order valence-corrected chi connectivity index (χ3v) is 4.57. The van der Waals surface area contributed by atoms with E-state index in [0.29, 0.717) is 16.6 Å². The highest BCUT2D eigenvalue weighted by Crippen LogP contribution is 2.31. The first-order valence-electron chi connectivity index (χ1n) is 6.03. The van der Waals surface area contributed by atoms with Gasteiger partial charge in [0.2, 0.25) is 0 Å². The average Bonchev–Trinajstić information content (AvgIpc) is 2.43. The molecule has 0 fully saturated rings. The summed E-state index contributed by atoms with van der Waals surface area (Å²) in [6.45, 7) is 2.64. The lowest BCUT2D eigenvalue weighted by Gasteiger charge is -2.13. The van der Waals surface area contributed by atoms with Gasteiger partial charge in [0.15, 0.2) is 0 Å². The lowest BCUT2D eigenvalue weighted by molar-refractivity contribution is 0.416. The van der Waals surface area contributed by atoms with E-state index in [1.807, 2.05) is 37.3 Å². The largest absolute Gasteiger partial charge is 0.495 e. The van der Waals surface area contributed by atoms with Gasteiger partial charge in [0.1, 0.15) is 5.75 Å². The minimum absolute atomic E-state index is 0.674. The lowest BCUT2D eigenvalue weighted by Crippen LogP contribution is -2.02. The van der Waals surface area contributed by atoms with E-state index in [4.69, 9.17) is 27.9 Å². The Morgan fingerprint density at radius 3 is 2.55 bits per heavy atom. The van der Waals surface area contributed by atoms with E-state index in [9.17, 15) is 0 Å². The van der Waals surface area contributed by atoms with Crippen LogP contribution in [0.2, 0.25) is 10.0 Å². The molecule has 106 valence electrons. The van der Waals surface area contributed by atoms with Crippen molar-refractivity contribution in [2.45, 2.75) is 13.5 Å². The highest BCUT2D eigenvalue weighted by molar-refractivity contribution is 9.10. The van der Waals surface area contributed by atoms with Gasteiger partial charge in [0.05, 0.1) is 17.8 Å². The Hall–Kier alpha value is -0.900. The molecule has 0 atom stereocenters. The number of anilines is 1. The van der Waals surface area contributed by atoms with E-state index in [2.05, 4.69) is 21.2 Å². The summed E-state index contributed by atoms with van der Waals surface area (Å²) in [5.74, 6) is 0.730. The molecule has 2 aromatic carbocycles. The van der Waals surface area contributed by atoms with Crippen LogP contribution in [0, 0.1) is 6.92 Å². The third-order valence-electron chi connectivity index (χ3n) is 2.95. The number of benzene rings is 2. The predicted octanol–water partition coefficient (Wildman–Crippen LogP) is 5.69. The van der Waals surface area contributed by atoms with Crippen LogP contribution in [0.25, 0.3) is 0 Å². The second kappa shape index (κ2) is 6.70. The maximum Gasteiger partial charge on any atom is 0.143 e. The SMILES string of the molecule is COc1cc(Cl)c(C)cc1NCc1ccc(Cl)c(Br)c1. The number of hydrogen-bond donors (Lipinski definition) is 1. The van der Waals surface area contributed by atoms with Gasteiger partial charge >= 0.3 is 0 Å². The van der Waals surface area contributed by atoms with Gasteiger partial charge in [-0.3, -0.25) is 0 Å². The fourth-order valence-corrected chi connectivity index (χ4v) is 2.51. The number of nitrogens with one attached hydrogen (secondary N) is 1. The summed E-state index contributed by atoms with van der Waals surface area (Å²) in [7, 11) is 1.63. The van der Waals surface area contributed by atoms with Gasteiger partial charge in [-0.1, -0.05) is 29.3 Å². The third kappa shape index (κ3) is 3.60. The second-order valence-corrected chi connectivity index (χ2v) is 6.07. The van der Waals surface area contributed by atoms with Crippen LogP contribution in [0.15, 0.2) is 34.8 Å². The van der Waals surface area contributed by atoms with Crippen LogP contribution < -0.4 is 10.1 Å². The molecule has 0 bridgehead atoms. The Balaban J connectivity index is 2.18. The molecule has 1 N–H and O–H groups in total. The Bertz CT molecular complexity index is 632. The Labute approximate surface area is 137 Å². The molecule has 0 unspecified atom stereocenters. The molecule has 0 aliphatic heterocycles. The summed E-state index contributed by atoms with van der Waals surface area (Å²) < 4.78 is 6.22. The van der Waals surface area contributed by atoms with Crippen molar-refractivity contribution in [3.8, 4) is 5.75 Å². The normalized spacial score (nSPS) is 10.4. The van der Waals surface area contributed by atoms with Gasteiger partial charge in [-0.15, -0.1) is 0 Å². The molecular formula is C15H14BrCl2NO. The molecule has 0 saturated heterocycles. The van der Waals surface area contributed by atoms with Crippen LogP contribution in [-0.2, 0) is 6.54 Å². The summed E-state index contributed by atoms with van der Waals surface area (Å²) in [6, 6.07) is 9.63. The Morgan fingerprint density at radius 2 is 1.90 bits per heavy atom. The van der Waals surface area contributed by atoms with Crippen molar-refractivity contribution >= 4 is 44.8 Å². The summed E-state index contributed by atoms with van der Waals surface area (Å²) >= 11 is 15.5. The molecule has 0 aromatic heterocycles. The molecule has 2 nitrogen and oxygen atoms in total. The molecule has 0 heterocycles. The van der Waals surface area contributed by atoms with Crippen LogP contribution in [0.4, 0.5) is 5.69 Å². The van der Waals surface area contributed by atoms with Crippen molar-refractivity contribution in [2.24, 2.45) is 0 Å². The molecule has 0 aliphatic rings. The molecule has 5 heteroatoms. The maximum absolute atomic E-state index is 6.09. The molecular weight excluding hydrogens is 361 g/mol. The highest BCUT2D eigenvalue weighted by Gasteiger charge is 2.07. The zero-order valence-corrected chi connectivity index (χ0v) is 14.2. The first-order chi connectivity index (χ1) is 9.51. The van der Waals surface area contributed by atoms with Gasteiger partial charge in [-0.2, -0.15) is 0 Å². The standard InChI is InChI=1S/C15H14BrCl2NO/c1-9-5-14(15(20-2)7-13(9)18)19-8-10-3-4-12(17)11(16)6-10/h3-7,19H,8H2,1-2H3. The van der Waals surface area contributed by atoms with E-state index in [-0.39, 0.29) is 0 Å². The minimum atomic E-state index is 0.674. The van der Waals surface area contributed by atoms with Crippen molar-refractivity contribution in [1.82, 2.24) is 0 Å². The highest BCUT2D eigenvalue weighted by atomic mass is 79.9. The summed E-state index contributed by atoms with van der Waals surface area (Å²) in [5.41, 5.74) is 3.05. The second-order valence-electron chi connectivity index (χ2n) is 4.40. The fourth-order valence-electron chi connectivity index (χ4n) is 1.82. The lowest BCUT2D eigenvalue weighted by atomic mass is 10.2. The van der Waals surface area contributed by atoms with Crippen LogP contribution in [0.3, 0.4) is 0 Å². The van der Waals surface area contributed by atoms with Gasteiger partial charge in [-0.25, -0.2) is 0 Å². The zero-order valence-electron chi connectivity index (χ0n) is 11.1. The smallest absolute Gasteiger partial charge is 0.143 e. The molecule has 0 aliphatic carbocycles. The molecule has 2 rings (SSSR count). The van der Waals surface area contributed by atoms with Crippen LogP contribution in [0.1, 0.15) is 11.1 Å². The van der Waals surface area contributed by atoms with Gasteiger partial charge in [-0.05, 0) is 52.2 Å². The van der Waals surface area contributed by atoms with Gasteiger partial charge in [0, 0.05) is 22.1 Å². The molecule has 0 spiro atoms. The molecule has 2 aromatic rings. The number of ether oxygens (including phenoxy) is 1. The van der Waals surface area contributed by atoms with Crippen molar-refractivity contribution in [2.75, 3.05) is 12.4 Å². The number of methoxy groups -OCH3 is 1. The quantitative estimate of drug-likeness (QED) is 0.742. The zero-order chi connectivity index (χ0) is 14.7. The monoisotopic (exact) mass is 373 g/mol. The number of aryl methyl sites for hydroxylation is 1. The van der Waals surface area contributed by atoms with Crippen molar-refractivity contribution < 1.29 is 4.74 Å². The summed E-state index contributed by atoms with van der Waals surface area (Å²) in [4.78, 5) is 0. The Kier molecular flexibility index (Phi) is 5.19. The number of rotatable bonds is 4. The van der Waals surface area contributed by atoms with Crippen molar-refractivity contribution in [3.63, 3.8) is 0 Å². The summed E-state index contributed by atoms with van der Waals surface area (Å²) in [5, 5.41) is 4.75. The molecule has 20 heavy (non-hydrogen) atoms. The van der Waals surface area contributed by atoms with E-state index >= 15 is 0 Å². The van der Waals surface area contributed by atoms with Crippen LogP contribution in [-0.4, -0.2) is 7.11 Å². The predicted molar refractivity (Wildman–Crippen MR) is 89.2 cm³/mol. The molecule has 0 saturated carbocycles. The maximum atomic E-state index is 6.09. The van der Waals surface area contributed by atoms with Gasteiger partial charge < -0.3 is 10.1 Å². The van der Waals surface area contributed by atoms with E-state index in [1.54, 1.807) is 7.11 Å². The van der Waals surface area contributed by atoms with E-state index in [0.717, 1.165) is 27.0 Å². The first-order valence-corrected chi connectivity index (χ1v) is 7.58. The number of hydrogen-bond acceptors (Lipinski definition) is 2. The van der Waals surface area contributed by atoms with Crippen molar-refractivity contribution in [3.05, 3.63) is 56.0 Å². The first kappa shape index (κ1) is 15.5. The van der Waals surface area contributed by atoms with E-state index in [1.165, 1.54) is 0 Å². The topological polar surface area (TPSA) is 21.3 Å². The fraction of sp³-hybridized carbons (Fsp3) is 0.200.